The van der Waals surface area contributed by atoms with E-state index in [9.17, 15) is 23.2 Å². The first-order chi connectivity index (χ1) is 14.0. The molecular weight excluding hydrogens is 400 g/mol. The number of amides is 1. The lowest BCUT2D eigenvalue weighted by atomic mass is 9.96. The highest BCUT2D eigenvalue weighted by Gasteiger charge is 2.53. The Bertz CT molecular complexity index is 625. The molecule has 1 atom stereocenters. The minimum atomic E-state index is -3.93. The second-order valence-corrected chi connectivity index (χ2v) is 8.73. The van der Waals surface area contributed by atoms with E-state index in [1.165, 1.54) is 20.8 Å². The fraction of sp³-hybridized carbons (Fsp3) is 0.857. The number of rotatable bonds is 7. The number of carbonyl (C=O) groups excluding carboxylic acids is 3. The highest BCUT2D eigenvalue weighted by molar-refractivity contribution is 5.80. The molecule has 2 rings (SSSR count). The number of carbonyl (C=O) groups is 3. The van der Waals surface area contributed by atoms with E-state index >= 15 is 0 Å². The molecule has 1 saturated carbocycles. The second kappa shape index (κ2) is 9.92. The first-order valence-electron chi connectivity index (χ1n) is 10.7. The Hall–Kier alpha value is -1.93. The molecule has 0 aromatic carbocycles. The van der Waals surface area contributed by atoms with Crippen LogP contribution in [-0.2, 0) is 23.8 Å². The molecule has 1 unspecified atom stereocenters. The molecule has 0 spiro atoms. The van der Waals surface area contributed by atoms with E-state index in [4.69, 9.17) is 9.47 Å². The van der Waals surface area contributed by atoms with Crippen LogP contribution in [0.15, 0.2) is 0 Å². The number of alkyl halides is 2. The normalized spacial score (nSPS) is 20.7. The fourth-order valence-corrected chi connectivity index (χ4v) is 3.99. The lowest BCUT2D eigenvalue weighted by Crippen LogP contribution is -2.49. The number of nitrogens with zero attached hydrogens (tertiary/aromatic N) is 1. The van der Waals surface area contributed by atoms with Gasteiger partial charge in [0.15, 0.2) is 6.10 Å². The Morgan fingerprint density at radius 1 is 1.13 bits per heavy atom. The SMILES string of the molecule is CCOC(=O)C(F)(F)C(OC(=O)C1CCN(C(=O)OC2(C)CCCC2)CC1)C(C)C. The molecule has 0 aromatic rings. The summed E-state index contributed by atoms with van der Waals surface area (Å²) in [7, 11) is 0. The van der Waals surface area contributed by atoms with Gasteiger partial charge in [0.1, 0.15) is 5.60 Å². The van der Waals surface area contributed by atoms with Gasteiger partial charge in [-0.25, -0.2) is 9.59 Å². The summed E-state index contributed by atoms with van der Waals surface area (Å²) in [5.74, 6) is -7.81. The molecule has 172 valence electrons. The first-order valence-corrected chi connectivity index (χ1v) is 10.7. The van der Waals surface area contributed by atoms with Gasteiger partial charge in [0.2, 0.25) is 0 Å². The molecule has 9 heteroatoms. The third-order valence-electron chi connectivity index (χ3n) is 5.83. The van der Waals surface area contributed by atoms with Gasteiger partial charge in [0, 0.05) is 13.1 Å². The van der Waals surface area contributed by atoms with Gasteiger partial charge in [-0.1, -0.05) is 13.8 Å². The van der Waals surface area contributed by atoms with E-state index < -0.39 is 47.5 Å². The smallest absolute Gasteiger partial charge is 0.410 e. The molecule has 1 amide bonds. The number of hydrogen-bond acceptors (Lipinski definition) is 6. The predicted octanol–water partition coefficient (Wildman–Crippen LogP) is 3.93. The Morgan fingerprint density at radius 2 is 1.70 bits per heavy atom. The molecule has 7 nitrogen and oxygen atoms in total. The van der Waals surface area contributed by atoms with Crippen molar-refractivity contribution in [3.8, 4) is 0 Å². The van der Waals surface area contributed by atoms with E-state index in [1.54, 1.807) is 4.90 Å². The minimum Gasteiger partial charge on any atom is -0.461 e. The van der Waals surface area contributed by atoms with Gasteiger partial charge in [0.05, 0.1) is 12.5 Å². The standard InChI is InChI=1S/C21H33F2NO6/c1-5-28-18(26)21(22,23)16(14(2)3)29-17(25)15-8-12-24(13-9-15)19(27)30-20(4)10-6-7-11-20/h14-16H,5-13H2,1-4H3. The summed E-state index contributed by atoms with van der Waals surface area (Å²) in [5.41, 5.74) is -0.434. The quantitative estimate of drug-likeness (QED) is 0.447. The highest BCUT2D eigenvalue weighted by atomic mass is 19.3. The molecule has 2 aliphatic rings. The van der Waals surface area contributed by atoms with E-state index in [2.05, 4.69) is 4.74 Å². The van der Waals surface area contributed by atoms with Gasteiger partial charge in [-0.3, -0.25) is 4.79 Å². The molecule has 30 heavy (non-hydrogen) atoms. The summed E-state index contributed by atoms with van der Waals surface area (Å²) in [4.78, 5) is 38.1. The van der Waals surface area contributed by atoms with Gasteiger partial charge < -0.3 is 19.1 Å². The van der Waals surface area contributed by atoms with Crippen LogP contribution in [0.3, 0.4) is 0 Å². The summed E-state index contributed by atoms with van der Waals surface area (Å²) < 4.78 is 44.0. The number of esters is 2. The molecule has 1 aliphatic carbocycles. The van der Waals surface area contributed by atoms with Crippen LogP contribution in [0, 0.1) is 11.8 Å². The third kappa shape index (κ3) is 5.82. The van der Waals surface area contributed by atoms with Gasteiger partial charge in [0.25, 0.3) is 0 Å². The lowest BCUT2D eigenvalue weighted by molar-refractivity contribution is -0.205. The Morgan fingerprint density at radius 3 is 2.20 bits per heavy atom. The van der Waals surface area contributed by atoms with Gasteiger partial charge in [-0.05, 0) is 58.3 Å². The van der Waals surface area contributed by atoms with Crippen molar-refractivity contribution in [3.05, 3.63) is 0 Å². The Balaban J connectivity index is 1.90. The van der Waals surface area contributed by atoms with Crippen LogP contribution in [0.5, 0.6) is 0 Å². The van der Waals surface area contributed by atoms with Crippen molar-refractivity contribution in [2.45, 2.75) is 83.8 Å². The van der Waals surface area contributed by atoms with Gasteiger partial charge in [-0.2, -0.15) is 8.78 Å². The number of hydrogen-bond donors (Lipinski definition) is 0. The molecule has 0 bridgehead atoms. The fourth-order valence-electron chi connectivity index (χ4n) is 3.99. The van der Waals surface area contributed by atoms with Crippen molar-refractivity contribution in [1.82, 2.24) is 4.90 Å². The van der Waals surface area contributed by atoms with Crippen molar-refractivity contribution in [3.63, 3.8) is 0 Å². The van der Waals surface area contributed by atoms with Gasteiger partial charge >= 0.3 is 24.0 Å². The maximum atomic E-state index is 14.4. The van der Waals surface area contributed by atoms with E-state index in [-0.39, 0.29) is 19.7 Å². The summed E-state index contributed by atoms with van der Waals surface area (Å²) in [5, 5.41) is 0. The van der Waals surface area contributed by atoms with Crippen LogP contribution in [-0.4, -0.2) is 60.3 Å². The Kier molecular flexibility index (Phi) is 8.05. The summed E-state index contributed by atoms with van der Waals surface area (Å²) in [6, 6.07) is 0. The van der Waals surface area contributed by atoms with Crippen molar-refractivity contribution < 1.29 is 37.4 Å². The first kappa shape index (κ1) is 24.3. The maximum Gasteiger partial charge on any atom is 0.410 e. The minimum absolute atomic E-state index is 0.194. The average Bonchev–Trinajstić information content (AvgIpc) is 3.11. The topological polar surface area (TPSA) is 82.1 Å². The molecule has 1 saturated heterocycles. The lowest BCUT2D eigenvalue weighted by Gasteiger charge is -2.35. The van der Waals surface area contributed by atoms with Crippen LogP contribution in [0.4, 0.5) is 13.6 Å². The van der Waals surface area contributed by atoms with Crippen LogP contribution in [0.1, 0.15) is 66.2 Å². The zero-order chi connectivity index (χ0) is 22.5. The summed E-state index contributed by atoms with van der Waals surface area (Å²) >= 11 is 0. The van der Waals surface area contributed by atoms with Crippen molar-refractivity contribution in [1.29, 1.82) is 0 Å². The van der Waals surface area contributed by atoms with Crippen LogP contribution < -0.4 is 0 Å². The monoisotopic (exact) mass is 433 g/mol. The van der Waals surface area contributed by atoms with Crippen molar-refractivity contribution >= 4 is 18.0 Å². The van der Waals surface area contributed by atoms with Gasteiger partial charge in [-0.15, -0.1) is 0 Å². The third-order valence-corrected chi connectivity index (χ3v) is 5.83. The molecule has 1 heterocycles. The number of ether oxygens (including phenoxy) is 3. The van der Waals surface area contributed by atoms with E-state index in [0.717, 1.165) is 25.7 Å². The van der Waals surface area contributed by atoms with Crippen LogP contribution in [0.2, 0.25) is 0 Å². The van der Waals surface area contributed by atoms with Crippen LogP contribution >= 0.6 is 0 Å². The van der Waals surface area contributed by atoms with Crippen molar-refractivity contribution in [2.75, 3.05) is 19.7 Å². The molecule has 1 aliphatic heterocycles. The maximum absolute atomic E-state index is 14.4. The average molecular weight is 433 g/mol. The number of halogens is 2. The second-order valence-electron chi connectivity index (χ2n) is 8.73. The van der Waals surface area contributed by atoms with Crippen molar-refractivity contribution in [2.24, 2.45) is 11.8 Å². The molecule has 0 N–H and O–H groups in total. The molecule has 0 radical (unpaired) electrons. The largest absolute Gasteiger partial charge is 0.461 e. The number of likely N-dealkylation sites (tertiary alicyclic amines) is 1. The predicted molar refractivity (Wildman–Crippen MR) is 104 cm³/mol. The zero-order valence-corrected chi connectivity index (χ0v) is 18.2. The van der Waals surface area contributed by atoms with Crippen LogP contribution in [0.25, 0.3) is 0 Å². The van der Waals surface area contributed by atoms with E-state index in [1.807, 2.05) is 6.92 Å². The summed E-state index contributed by atoms with van der Waals surface area (Å²) in [6.07, 6.45) is 2.02. The molecule has 0 aromatic heterocycles. The number of piperidine rings is 1. The Labute approximate surface area is 176 Å². The highest BCUT2D eigenvalue weighted by Crippen LogP contribution is 2.34. The zero-order valence-electron chi connectivity index (χ0n) is 18.2. The molecular formula is C21H33F2NO6. The molecule has 2 fully saturated rings. The summed E-state index contributed by atoms with van der Waals surface area (Å²) in [6.45, 7) is 6.64. The van der Waals surface area contributed by atoms with E-state index in [0.29, 0.717) is 12.8 Å².